The van der Waals surface area contributed by atoms with Crippen molar-refractivity contribution in [2.45, 2.75) is 38.8 Å². The zero-order chi connectivity index (χ0) is 27.3. The van der Waals surface area contributed by atoms with Gasteiger partial charge in [-0.05, 0) is 76.2 Å². The first kappa shape index (κ1) is 31.9. The van der Waals surface area contributed by atoms with E-state index in [-0.39, 0.29) is 18.4 Å². The van der Waals surface area contributed by atoms with Gasteiger partial charge in [-0.15, -0.1) is 12.4 Å². The van der Waals surface area contributed by atoms with Gasteiger partial charge >= 0.3 is 5.97 Å². The fourth-order valence-corrected chi connectivity index (χ4v) is 4.24. The Bertz CT molecular complexity index is 1210. The number of nitrogens with one attached hydrogen (secondary N) is 1. The monoisotopic (exact) mass is 549 g/mol. The average molecular weight is 550 g/mol. The third kappa shape index (κ3) is 10.4. The number of aliphatic hydroxyl groups excluding tert-OH is 1. The third-order valence-electron chi connectivity index (χ3n) is 6.63. The van der Waals surface area contributed by atoms with Gasteiger partial charge in [0.1, 0.15) is 0 Å². The Kier molecular flexibility index (Phi) is 13.6. The van der Waals surface area contributed by atoms with Crippen molar-refractivity contribution in [1.82, 2.24) is 15.2 Å². The number of likely N-dealkylation sites (tertiary alicyclic amines) is 1. The minimum atomic E-state index is -0.972. The maximum Gasteiger partial charge on any atom is 0.328 e. The van der Waals surface area contributed by atoms with Crippen LogP contribution < -0.4 is 5.32 Å². The number of aryl methyl sites for hydroxylation is 1. The Morgan fingerprint density at radius 3 is 2.31 bits per heavy atom. The molecule has 0 bridgehead atoms. The first-order chi connectivity index (χ1) is 18.4. The second-order valence-corrected chi connectivity index (χ2v) is 9.54. The number of aliphatic carboxylic acids is 1. The number of carbonyl (C=O) groups is 1. The molecule has 0 radical (unpaired) electrons. The van der Waals surface area contributed by atoms with E-state index in [0.29, 0.717) is 5.69 Å². The fourth-order valence-electron chi connectivity index (χ4n) is 4.24. The van der Waals surface area contributed by atoms with E-state index in [4.69, 9.17) is 5.11 Å². The van der Waals surface area contributed by atoms with Crippen molar-refractivity contribution in [2.24, 2.45) is 0 Å². The van der Waals surface area contributed by atoms with E-state index in [0.717, 1.165) is 48.1 Å². The molecule has 3 aromatic rings. The molecule has 0 aliphatic carbocycles. The fraction of sp³-hybridized carbons (Fsp3) is 0.312. The van der Waals surface area contributed by atoms with Crippen LogP contribution in [0.25, 0.3) is 11.6 Å². The Morgan fingerprint density at radius 2 is 1.69 bits per heavy atom. The van der Waals surface area contributed by atoms with E-state index >= 15 is 0 Å². The number of aliphatic hydroxyl groups is 1. The van der Waals surface area contributed by atoms with Gasteiger partial charge in [0.15, 0.2) is 0 Å². The van der Waals surface area contributed by atoms with Crippen molar-refractivity contribution in [2.75, 3.05) is 26.7 Å². The molecule has 0 saturated carbocycles. The molecule has 2 aromatic carbocycles. The minimum Gasteiger partial charge on any atom is -0.478 e. The molecule has 0 unspecified atom stereocenters. The van der Waals surface area contributed by atoms with Crippen molar-refractivity contribution in [1.29, 1.82) is 0 Å². The van der Waals surface area contributed by atoms with Crippen LogP contribution >= 0.6 is 12.4 Å². The smallest absolute Gasteiger partial charge is 0.328 e. The van der Waals surface area contributed by atoms with E-state index in [1.54, 1.807) is 0 Å². The van der Waals surface area contributed by atoms with Gasteiger partial charge in [0.25, 0.3) is 0 Å². The van der Waals surface area contributed by atoms with E-state index in [9.17, 15) is 9.90 Å². The van der Waals surface area contributed by atoms with E-state index < -0.39 is 12.1 Å². The van der Waals surface area contributed by atoms with Crippen molar-refractivity contribution >= 4 is 30.0 Å². The van der Waals surface area contributed by atoms with Crippen molar-refractivity contribution in [3.05, 3.63) is 113 Å². The normalized spacial score (nSPS) is 15.2. The molecule has 1 fully saturated rings. The zero-order valence-corrected chi connectivity index (χ0v) is 23.8. The molecule has 39 heavy (non-hydrogen) atoms. The van der Waals surface area contributed by atoms with E-state index in [1.165, 1.54) is 24.5 Å². The van der Waals surface area contributed by atoms with Gasteiger partial charge in [-0.2, -0.15) is 0 Å². The van der Waals surface area contributed by atoms with Crippen LogP contribution in [0.4, 0.5) is 0 Å². The summed E-state index contributed by atoms with van der Waals surface area (Å²) in [5, 5.41) is 21.6. The summed E-state index contributed by atoms with van der Waals surface area (Å²) in [6.45, 7) is 7.23. The second-order valence-electron chi connectivity index (χ2n) is 9.54. The van der Waals surface area contributed by atoms with Crippen molar-refractivity contribution < 1.29 is 15.0 Å². The number of carboxylic acids is 1. The minimum absolute atomic E-state index is 0. The number of pyridine rings is 1. The lowest BCUT2D eigenvalue weighted by Gasteiger charge is -2.17. The number of carboxylic acid groups (broad SMARTS) is 1. The molecule has 3 N–H and O–H groups in total. The van der Waals surface area contributed by atoms with Gasteiger partial charge in [0.05, 0.1) is 17.5 Å². The highest BCUT2D eigenvalue weighted by atomic mass is 35.5. The summed E-state index contributed by atoms with van der Waals surface area (Å²) in [5.41, 5.74) is 5.90. The number of benzene rings is 2. The number of nitrogens with zero attached hydrogens (tertiary/aromatic N) is 2. The van der Waals surface area contributed by atoms with E-state index in [2.05, 4.69) is 52.5 Å². The Hall–Kier alpha value is -3.29. The molecule has 6 nitrogen and oxygen atoms in total. The summed E-state index contributed by atoms with van der Waals surface area (Å²) in [7, 11) is 1.84. The summed E-state index contributed by atoms with van der Waals surface area (Å²) in [5.74, 6) is -0.972. The van der Waals surface area contributed by atoms with Crippen LogP contribution in [-0.2, 0) is 4.79 Å². The van der Waals surface area contributed by atoms with Crippen LogP contribution in [0, 0.1) is 6.92 Å². The van der Waals surface area contributed by atoms with Gasteiger partial charge in [-0.25, -0.2) is 9.78 Å². The molecule has 1 saturated heterocycles. The van der Waals surface area contributed by atoms with Crippen LogP contribution in [-0.4, -0.2) is 58.8 Å². The molecule has 2 heterocycles. The highest BCUT2D eigenvalue weighted by molar-refractivity contribution is 5.85. The number of hydrogen-bond donors (Lipinski definition) is 3. The topological polar surface area (TPSA) is 85.7 Å². The molecule has 208 valence electrons. The van der Waals surface area contributed by atoms with Crippen LogP contribution in [0.1, 0.15) is 53.9 Å². The van der Waals surface area contributed by atoms with Gasteiger partial charge in [-0.3, -0.25) is 4.90 Å². The maximum absolute atomic E-state index is 10.8. The molecule has 7 heteroatoms. The van der Waals surface area contributed by atoms with Gasteiger partial charge in [0.2, 0.25) is 0 Å². The highest BCUT2D eigenvalue weighted by Crippen LogP contribution is 2.23. The number of hydrogen-bond acceptors (Lipinski definition) is 5. The number of aromatic nitrogens is 1. The summed E-state index contributed by atoms with van der Waals surface area (Å²) in [6.07, 6.45) is 6.99. The Morgan fingerprint density at radius 1 is 1.03 bits per heavy atom. The van der Waals surface area contributed by atoms with E-state index in [1.807, 2.05) is 62.5 Å². The molecular weight excluding hydrogens is 510 g/mol. The average Bonchev–Trinajstić information content (AvgIpc) is 3.47. The first-order valence-corrected chi connectivity index (χ1v) is 13.2. The number of halogens is 1. The van der Waals surface area contributed by atoms with Crippen LogP contribution in [0.3, 0.4) is 0 Å². The quantitative estimate of drug-likeness (QED) is 0.294. The lowest BCUT2D eigenvalue weighted by Crippen LogP contribution is -2.28. The predicted molar refractivity (Wildman–Crippen MR) is 162 cm³/mol. The second kappa shape index (κ2) is 16.6. The molecule has 0 spiro atoms. The van der Waals surface area contributed by atoms with Gasteiger partial charge in [-0.1, -0.05) is 72.3 Å². The lowest BCUT2D eigenvalue weighted by molar-refractivity contribution is -0.131. The van der Waals surface area contributed by atoms with Crippen LogP contribution in [0.2, 0.25) is 0 Å². The van der Waals surface area contributed by atoms with Gasteiger partial charge < -0.3 is 15.5 Å². The predicted octanol–water partition coefficient (Wildman–Crippen LogP) is 5.77. The molecule has 2 atom stereocenters. The molecule has 1 aliphatic rings. The standard InChI is InChI=1S/C22H24N2O2.C10H15NO.ClH/c1-17-7-9-18(10-8-17)20(13-16-24-14-2-3-15-24)21-6-4-5-19(23-21)11-12-22(25)26;1-8(11-2)10(12)9-6-4-3-5-7-9;/h4-13H,2-3,14-16H2,1H3,(H,25,26);3-8,10-12H,1-2H3;1H/b12-11+,20-13+;;/t;8-,10+;/m.0./s1. The Balaban J connectivity index is 0.000000346. The summed E-state index contributed by atoms with van der Waals surface area (Å²) < 4.78 is 0. The lowest BCUT2D eigenvalue weighted by atomic mass is 10.00. The summed E-state index contributed by atoms with van der Waals surface area (Å²) in [4.78, 5) is 17.9. The molecule has 1 aliphatic heterocycles. The summed E-state index contributed by atoms with van der Waals surface area (Å²) in [6, 6.07) is 23.9. The van der Waals surface area contributed by atoms with Crippen molar-refractivity contribution in [3.8, 4) is 0 Å². The first-order valence-electron chi connectivity index (χ1n) is 13.2. The highest BCUT2D eigenvalue weighted by Gasteiger charge is 2.13. The van der Waals surface area contributed by atoms with Gasteiger partial charge in [0, 0.05) is 24.2 Å². The Labute approximate surface area is 238 Å². The number of likely N-dealkylation sites (N-methyl/N-ethyl adjacent to an activating group) is 1. The van der Waals surface area contributed by atoms with Crippen LogP contribution in [0.5, 0.6) is 0 Å². The summed E-state index contributed by atoms with van der Waals surface area (Å²) >= 11 is 0. The molecular formula is C32H40ClN3O3. The largest absolute Gasteiger partial charge is 0.478 e. The molecule has 1 aromatic heterocycles. The van der Waals surface area contributed by atoms with Crippen LogP contribution in [0.15, 0.2) is 84.9 Å². The van der Waals surface area contributed by atoms with Crippen molar-refractivity contribution in [3.63, 3.8) is 0 Å². The SMILES string of the molecule is CN[C@@H](C)[C@@H](O)c1ccccc1.Cc1ccc(/C(=C\CN2CCCC2)c2cccc(/C=C/C(=O)O)n2)cc1.Cl. The molecule has 0 amide bonds. The third-order valence-corrected chi connectivity index (χ3v) is 6.63. The molecule has 4 rings (SSSR count). The number of rotatable bonds is 9. The maximum atomic E-state index is 10.8. The zero-order valence-electron chi connectivity index (χ0n) is 23.0.